The summed E-state index contributed by atoms with van der Waals surface area (Å²) in [5.74, 6) is 2.95. The molecule has 7 nitrogen and oxygen atoms in total. The second-order valence-corrected chi connectivity index (χ2v) is 11.9. The Bertz CT molecular complexity index is 1010. The van der Waals surface area contributed by atoms with Crippen molar-refractivity contribution in [1.82, 2.24) is 0 Å². The normalized spacial score (nSPS) is 17.0. The molecular formula is C35H50O7. The highest BCUT2D eigenvalue weighted by atomic mass is 16.5. The molecule has 0 amide bonds. The van der Waals surface area contributed by atoms with E-state index in [0.29, 0.717) is 32.7 Å². The predicted molar refractivity (Wildman–Crippen MR) is 163 cm³/mol. The lowest BCUT2D eigenvalue weighted by molar-refractivity contribution is -0.144. The highest BCUT2D eigenvalue weighted by Crippen LogP contribution is 2.41. The van der Waals surface area contributed by atoms with Crippen LogP contribution in [0, 0.1) is 17.8 Å². The van der Waals surface area contributed by atoms with Gasteiger partial charge in [0.05, 0.1) is 26.1 Å². The van der Waals surface area contributed by atoms with E-state index in [-0.39, 0.29) is 35.3 Å². The van der Waals surface area contributed by atoms with Gasteiger partial charge in [-0.2, -0.15) is 0 Å². The largest absolute Gasteiger partial charge is 0.508 e. The summed E-state index contributed by atoms with van der Waals surface area (Å²) in [5, 5.41) is 27.3. The van der Waals surface area contributed by atoms with Crippen molar-refractivity contribution < 1.29 is 34.4 Å². The summed E-state index contributed by atoms with van der Waals surface area (Å²) in [6.45, 7) is 4.89. The van der Waals surface area contributed by atoms with E-state index in [1.165, 1.54) is 38.5 Å². The van der Waals surface area contributed by atoms with Gasteiger partial charge in [-0.05, 0) is 98.1 Å². The molecule has 0 aliphatic heterocycles. The van der Waals surface area contributed by atoms with Gasteiger partial charge in [-0.25, -0.2) is 0 Å². The van der Waals surface area contributed by atoms with Crippen LogP contribution in [0.4, 0.5) is 0 Å². The number of aliphatic hydroxyl groups is 1. The van der Waals surface area contributed by atoms with Crippen LogP contribution in [0.1, 0.15) is 107 Å². The molecule has 3 aliphatic rings. The summed E-state index contributed by atoms with van der Waals surface area (Å²) in [7, 11) is 0. The first-order valence-corrected chi connectivity index (χ1v) is 15.8. The minimum atomic E-state index is -0.147. The minimum absolute atomic E-state index is 0.147. The predicted octanol–water partition coefficient (Wildman–Crippen LogP) is 7.24. The van der Waals surface area contributed by atoms with Gasteiger partial charge in [0.2, 0.25) is 0 Å². The highest BCUT2D eigenvalue weighted by molar-refractivity contribution is 5.71. The molecule has 2 aromatic rings. The molecule has 3 aliphatic carbocycles. The smallest absolute Gasteiger partial charge is 0.306 e. The van der Waals surface area contributed by atoms with Crippen LogP contribution in [0.2, 0.25) is 0 Å². The molecule has 232 valence electrons. The Morgan fingerprint density at radius 3 is 1.40 bits per heavy atom. The maximum Gasteiger partial charge on any atom is 0.306 e. The van der Waals surface area contributed by atoms with E-state index in [9.17, 15) is 19.8 Å². The lowest BCUT2D eigenvalue weighted by atomic mass is 9.90. The molecule has 3 N–H and O–H groups in total. The van der Waals surface area contributed by atoms with E-state index in [1.807, 2.05) is 38.1 Å². The summed E-state index contributed by atoms with van der Waals surface area (Å²) in [5.41, 5.74) is 2.07. The van der Waals surface area contributed by atoms with Crippen molar-refractivity contribution in [3.8, 4) is 11.5 Å². The molecule has 3 fully saturated rings. The van der Waals surface area contributed by atoms with Gasteiger partial charge in [-0.3, -0.25) is 9.59 Å². The number of carbonyl (C=O) groups is 2. The van der Waals surface area contributed by atoms with Gasteiger partial charge in [-0.1, -0.05) is 62.8 Å². The Morgan fingerprint density at radius 2 is 1.12 bits per heavy atom. The number of hydrogen-bond acceptors (Lipinski definition) is 7. The van der Waals surface area contributed by atoms with Crippen LogP contribution in [-0.2, 0) is 19.1 Å². The van der Waals surface area contributed by atoms with Crippen LogP contribution in [-0.4, -0.2) is 47.1 Å². The fourth-order valence-electron chi connectivity index (χ4n) is 5.18. The van der Waals surface area contributed by atoms with Crippen LogP contribution < -0.4 is 0 Å². The molecular weight excluding hydrogens is 532 g/mol. The topological polar surface area (TPSA) is 113 Å². The molecule has 3 saturated carbocycles. The zero-order valence-corrected chi connectivity index (χ0v) is 25.4. The molecule has 42 heavy (non-hydrogen) atoms. The van der Waals surface area contributed by atoms with Gasteiger partial charge in [0.1, 0.15) is 11.5 Å². The number of ether oxygens (including phenoxy) is 2. The van der Waals surface area contributed by atoms with E-state index in [4.69, 9.17) is 14.6 Å². The van der Waals surface area contributed by atoms with Crippen molar-refractivity contribution in [2.24, 2.45) is 17.8 Å². The number of phenols is 2. The lowest BCUT2D eigenvalue weighted by Crippen LogP contribution is -2.11. The fourth-order valence-corrected chi connectivity index (χ4v) is 5.18. The van der Waals surface area contributed by atoms with Gasteiger partial charge >= 0.3 is 11.9 Å². The first-order valence-electron chi connectivity index (χ1n) is 15.8. The van der Waals surface area contributed by atoms with Gasteiger partial charge < -0.3 is 24.8 Å². The molecule has 0 radical (unpaired) electrons. The fraction of sp³-hybridized carbons (Fsp3) is 0.600. The average molecular weight is 583 g/mol. The first kappa shape index (κ1) is 33.4. The number of aliphatic hydroxyl groups excluding tert-OH is 1. The van der Waals surface area contributed by atoms with E-state index in [2.05, 4.69) is 0 Å². The summed E-state index contributed by atoms with van der Waals surface area (Å²) < 4.78 is 10.0. The van der Waals surface area contributed by atoms with Gasteiger partial charge in [0.25, 0.3) is 0 Å². The zero-order valence-electron chi connectivity index (χ0n) is 25.4. The second kappa shape index (κ2) is 17.8. The molecule has 0 heterocycles. The number of carbonyl (C=O) groups excluding carboxylic acids is 2. The summed E-state index contributed by atoms with van der Waals surface area (Å²) >= 11 is 0. The Labute approximate surface area is 251 Å². The van der Waals surface area contributed by atoms with Gasteiger partial charge in [0.15, 0.2) is 0 Å². The van der Waals surface area contributed by atoms with Crippen LogP contribution in [0.25, 0.3) is 0 Å². The molecule has 0 bridgehead atoms. The number of aromatic hydroxyl groups is 2. The quantitative estimate of drug-likeness (QED) is 0.201. The zero-order chi connectivity index (χ0) is 30.3. The summed E-state index contributed by atoms with van der Waals surface area (Å²) in [4.78, 5) is 23.3. The van der Waals surface area contributed by atoms with Crippen LogP contribution >= 0.6 is 0 Å². The molecule has 0 spiro atoms. The molecule has 7 heteroatoms. The Morgan fingerprint density at radius 1 is 0.714 bits per heavy atom. The van der Waals surface area contributed by atoms with E-state index in [1.54, 1.807) is 24.3 Å². The van der Waals surface area contributed by atoms with Crippen LogP contribution in [0.5, 0.6) is 11.5 Å². The van der Waals surface area contributed by atoms with Crippen LogP contribution in [0.15, 0.2) is 48.5 Å². The van der Waals surface area contributed by atoms with Crippen molar-refractivity contribution in [2.45, 2.75) is 96.3 Å². The van der Waals surface area contributed by atoms with Gasteiger partial charge in [-0.15, -0.1) is 0 Å². The Hall–Kier alpha value is -3.06. The number of hydrogen-bond donors (Lipinski definition) is 3. The van der Waals surface area contributed by atoms with Crippen molar-refractivity contribution in [1.29, 1.82) is 0 Å². The molecule has 2 atom stereocenters. The Kier molecular flexibility index (Phi) is 14.2. The molecule has 0 unspecified atom stereocenters. The van der Waals surface area contributed by atoms with E-state index >= 15 is 0 Å². The third-order valence-electron chi connectivity index (χ3n) is 7.98. The lowest BCUT2D eigenvalue weighted by Gasteiger charge is -2.16. The molecule has 2 aromatic carbocycles. The second-order valence-electron chi connectivity index (χ2n) is 11.9. The third-order valence-corrected chi connectivity index (χ3v) is 7.98. The summed E-state index contributed by atoms with van der Waals surface area (Å²) in [6, 6.07) is 14.4. The molecule has 5 rings (SSSR count). The van der Waals surface area contributed by atoms with Crippen molar-refractivity contribution >= 4 is 11.9 Å². The maximum absolute atomic E-state index is 11.6. The van der Waals surface area contributed by atoms with Crippen molar-refractivity contribution in [2.75, 3.05) is 19.8 Å². The number of benzene rings is 2. The first-order chi connectivity index (χ1) is 20.3. The van der Waals surface area contributed by atoms with E-state index < -0.39 is 0 Å². The van der Waals surface area contributed by atoms with Crippen LogP contribution in [0.3, 0.4) is 0 Å². The van der Waals surface area contributed by atoms with Crippen molar-refractivity contribution in [3.05, 3.63) is 59.7 Å². The summed E-state index contributed by atoms with van der Waals surface area (Å²) in [6.07, 6.45) is 11.7. The maximum atomic E-state index is 11.6. The SMILES string of the molecule is CCOC(=O)C[C@@H](CC1CC1)c1cccc(O)c1.CCOC(=O)C[C@H](CC1CC1)c1cccc(O)c1.OCCC1CC1. The van der Waals surface area contributed by atoms with E-state index in [0.717, 1.165) is 48.1 Å². The minimum Gasteiger partial charge on any atom is -0.508 e. The standard InChI is InChI=1S/2C15H20O3.C5H10O/c2*1-2-18-15(17)10-13(8-11-6-7-11)12-4-3-5-14(16)9-12;6-4-3-5-1-2-5/h2*3-5,9,11,13,16H,2,6-8,10H2,1H3;5-6H,1-4H2/t2*13-;/m10./s1. The van der Waals surface area contributed by atoms with Crippen molar-refractivity contribution in [3.63, 3.8) is 0 Å². The highest BCUT2D eigenvalue weighted by Gasteiger charge is 2.29. The molecule has 0 aromatic heterocycles. The monoisotopic (exact) mass is 582 g/mol. The average Bonchev–Trinajstić information content (AvgIpc) is 3.78. The Balaban J connectivity index is 0.000000192. The number of phenolic OH excluding ortho intramolecular Hbond substituents is 2. The third kappa shape index (κ3) is 13.7. The number of rotatable bonds is 14. The van der Waals surface area contributed by atoms with Gasteiger partial charge in [0, 0.05) is 6.61 Å². The molecule has 0 saturated heterocycles. The number of esters is 2.